The average molecular weight is 418 g/mol. The topological polar surface area (TPSA) is 95.6 Å². The molecule has 0 atom stereocenters. The van der Waals surface area contributed by atoms with Crippen LogP contribution < -0.4 is 10.6 Å². The molecule has 29 heavy (non-hydrogen) atoms. The lowest BCUT2D eigenvalue weighted by Gasteiger charge is -2.18. The van der Waals surface area contributed by atoms with Gasteiger partial charge in [-0.05, 0) is 35.4 Å². The highest BCUT2D eigenvalue weighted by atomic mass is 32.2. The number of anilines is 1. The van der Waals surface area contributed by atoms with Gasteiger partial charge >= 0.3 is 0 Å². The van der Waals surface area contributed by atoms with Gasteiger partial charge < -0.3 is 10.6 Å². The van der Waals surface area contributed by atoms with Crippen molar-refractivity contribution in [2.45, 2.75) is 38.6 Å². The number of carbonyl (C=O) groups excluding carboxylic acids is 2. The van der Waals surface area contributed by atoms with Gasteiger partial charge in [-0.2, -0.15) is 4.31 Å². The molecule has 2 amide bonds. The highest BCUT2D eigenvalue weighted by Crippen LogP contribution is 2.16. The monoisotopic (exact) mass is 417 g/mol. The van der Waals surface area contributed by atoms with Crippen LogP contribution in [0, 0.1) is 0 Å². The molecule has 156 valence electrons. The summed E-state index contributed by atoms with van der Waals surface area (Å²) in [4.78, 5) is 23.4. The summed E-state index contributed by atoms with van der Waals surface area (Å²) in [7, 11) is -3.48. The second-order valence-electron chi connectivity index (χ2n) is 6.56. The zero-order valence-corrected chi connectivity index (χ0v) is 17.8. The molecule has 0 heterocycles. The Balaban J connectivity index is 1.91. The number of carbonyl (C=O) groups is 2. The zero-order valence-electron chi connectivity index (χ0n) is 16.9. The summed E-state index contributed by atoms with van der Waals surface area (Å²) >= 11 is 0. The molecule has 0 unspecified atom stereocenters. The first-order chi connectivity index (χ1) is 13.8. The van der Waals surface area contributed by atoms with Crippen LogP contribution in [0.5, 0.6) is 0 Å². The van der Waals surface area contributed by atoms with Gasteiger partial charge in [0.1, 0.15) is 0 Å². The van der Waals surface area contributed by atoms with Gasteiger partial charge in [-0.15, -0.1) is 0 Å². The SMILES string of the molecule is CCN(CC)S(=O)(=O)c1ccc(CNC(=O)Cc2ccc(NC(C)=O)cc2)cc1. The molecule has 2 N–H and O–H groups in total. The minimum absolute atomic E-state index is 0.142. The van der Waals surface area contributed by atoms with E-state index in [9.17, 15) is 18.0 Å². The number of sulfonamides is 1. The first kappa shape index (κ1) is 22.6. The van der Waals surface area contributed by atoms with Crippen LogP contribution in [0.3, 0.4) is 0 Å². The third-order valence-electron chi connectivity index (χ3n) is 4.40. The number of benzene rings is 2. The largest absolute Gasteiger partial charge is 0.352 e. The molecule has 0 saturated heterocycles. The average Bonchev–Trinajstić information content (AvgIpc) is 2.68. The lowest BCUT2D eigenvalue weighted by molar-refractivity contribution is -0.120. The van der Waals surface area contributed by atoms with Gasteiger partial charge in [0.05, 0.1) is 11.3 Å². The van der Waals surface area contributed by atoms with Crippen LogP contribution in [0.15, 0.2) is 53.4 Å². The highest BCUT2D eigenvalue weighted by molar-refractivity contribution is 7.89. The van der Waals surface area contributed by atoms with Crippen molar-refractivity contribution in [3.05, 3.63) is 59.7 Å². The molecule has 0 spiro atoms. The zero-order chi connectivity index (χ0) is 21.4. The summed E-state index contributed by atoms with van der Waals surface area (Å²) in [6.07, 6.45) is 0.217. The Hall–Kier alpha value is -2.71. The Morgan fingerprint density at radius 1 is 0.897 bits per heavy atom. The third kappa shape index (κ3) is 6.40. The maximum absolute atomic E-state index is 12.5. The van der Waals surface area contributed by atoms with Crippen molar-refractivity contribution in [1.29, 1.82) is 0 Å². The van der Waals surface area contributed by atoms with E-state index in [2.05, 4.69) is 10.6 Å². The molecule has 0 aliphatic carbocycles. The smallest absolute Gasteiger partial charge is 0.243 e. The van der Waals surface area contributed by atoms with E-state index in [1.165, 1.54) is 11.2 Å². The predicted molar refractivity (Wildman–Crippen MR) is 113 cm³/mol. The maximum atomic E-state index is 12.5. The number of rotatable bonds is 9. The van der Waals surface area contributed by atoms with Gasteiger partial charge in [0, 0.05) is 32.2 Å². The predicted octanol–water partition coefficient (Wildman–Crippen LogP) is 2.53. The van der Waals surface area contributed by atoms with E-state index < -0.39 is 10.0 Å². The summed E-state index contributed by atoms with van der Waals surface area (Å²) in [6.45, 7) is 6.20. The van der Waals surface area contributed by atoms with Crippen LogP contribution in [0.25, 0.3) is 0 Å². The van der Waals surface area contributed by atoms with E-state index >= 15 is 0 Å². The van der Waals surface area contributed by atoms with Crippen molar-refractivity contribution in [2.75, 3.05) is 18.4 Å². The molecule has 7 nitrogen and oxygen atoms in total. The quantitative estimate of drug-likeness (QED) is 0.655. The van der Waals surface area contributed by atoms with Gasteiger partial charge in [-0.25, -0.2) is 8.42 Å². The lowest BCUT2D eigenvalue weighted by atomic mass is 10.1. The van der Waals surface area contributed by atoms with E-state index in [-0.39, 0.29) is 23.1 Å². The first-order valence-electron chi connectivity index (χ1n) is 9.48. The van der Waals surface area contributed by atoms with Gasteiger partial charge in [-0.3, -0.25) is 9.59 Å². The molecule has 0 fully saturated rings. The van der Waals surface area contributed by atoms with Crippen molar-refractivity contribution < 1.29 is 18.0 Å². The Morgan fingerprint density at radius 2 is 1.45 bits per heavy atom. The van der Waals surface area contributed by atoms with Gasteiger partial charge in [0.2, 0.25) is 21.8 Å². The van der Waals surface area contributed by atoms with Gasteiger partial charge in [0.25, 0.3) is 0 Å². The summed E-state index contributed by atoms with van der Waals surface area (Å²) in [5, 5.41) is 5.51. The van der Waals surface area contributed by atoms with E-state index in [4.69, 9.17) is 0 Å². The molecule has 8 heteroatoms. The van der Waals surface area contributed by atoms with Gasteiger partial charge in [0.15, 0.2) is 0 Å². The Labute approximate surface area is 172 Å². The van der Waals surface area contributed by atoms with E-state index in [1.54, 1.807) is 62.4 Å². The van der Waals surface area contributed by atoms with Crippen molar-refractivity contribution >= 4 is 27.5 Å². The summed E-state index contributed by atoms with van der Waals surface area (Å²) < 4.78 is 26.4. The highest BCUT2D eigenvalue weighted by Gasteiger charge is 2.21. The van der Waals surface area contributed by atoms with Crippen molar-refractivity contribution in [1.82, 2.24) is 9.62 Å². The molecule has 2 aromatic carbocycles. The molecule has 0 radical (unpaired) electrons. The number of amides is 2. The Kier molecular flexibility index (Phi) is 7.92. The summed E-state index contributed by atoms with van der Waals surface area (Å²) in [6, 6.07) is 13.6. The Morgan fingerprint density at radius 3 is 1.97 bits per heavy atom. The van der Waals surface area contributed by atoms with Crippen molar-refractivity contribution in [3.63, 3.8) is 0 Å². The number of nitrogens with zero attached hydrogens (tertiary/aromatic N) is 1. The number of nitrogens with one attached hydrogen (secondary N) is 2. The third-order valence-corrected chi connectivity index (χ3v) is 6.46. The fourth-order valence-corrected chi connectivity index (χ4v) is 4.31. The fraction of sp³-hybridized carbons (Fsp3) is 0.333. The van der Waals surface area contributed by atoms with Crippen LogP contribution in [-0.4, -0.2) is 37.6 Å². The molecule has 2 rings (SSSR count). The summed E-state index contributed by atoms with van der Waals surface area (Å²) in [5.41, 5.74) is 2.33. The van der Waals surface area contributed by atoms with Crippen LogP contribution in [0.4, 0.5) is 5.69 Å². The maximum Gasteiger partial charge on any atom is 0.243 e. The second kappa shape index (κ2) is 10.2. The number of hydrogen-bond acceptors (Lipinski definition) is 4. The molecule has 2 aromatic rings. The molecular formula is C21H27N3O4S. The summed E-state index contributed by atoms with van der Waals surface area (Å²) in [5.74, 6) is -0.288. The normalized spacial score (nSPS) is 11.3. The van der Waals surface area contributed by atoms with Gasteiger partial charge in [-0.1, -0.05) is 38.1 Å². The molecule has 0 saturated carbocycles. The second-order valence-corrected chi connectivity index (χ2v) is 8.50. The lowest BCUT2D eigenvalue weighted by Crippen LogP contribution is -2.30. The molecule has 0 aliphatic rings. The molecular weight excluding hydrogens is 390 g/mol. The number of hydrogen-bond donors (Lipinski definition) is 2. The fourth-order valence-electron chi connectivity index (χ4n) is 2.85. The van der Waals surface area contributed by atoms with Crippen molar-refractivity contribution in [2.24, 2.45) is 0 Å². The van der Waals surface area contributed by atoms with Crippen LogP contribution in [0.2, 0.25) is 0 Å². The Bertz CT molecular complexity index is 935. The molecule has 0 bridgehead atoms. The van der Waals surface area contributed by atoms with Crippen LogP contribution in [-0.2, 0) is 32.6 Å². The molecule has 0 aromatic heterocycles. The van der Waals surface area contributed by atoms with E-state index in [0.717, 1.165) is 11.1 Å². The van der Waals surface area contributed by atoms with Crippen LogP contribution in [0.1, 0.15) is 31.9 Å². The minimum Gasteiger partial charge on any atom is -0.352 e. The van der Waals surface area contributed by atoms with E-state index in [1.807, 2.05) is 0 Å². The standard InChI is InChI=1S/C21H27N3O4S/c1-4-24(5-2)29(27,28)20-12-8-18(9-13-20)15-22-21(26)14-17-6-10-19(11-7-17)23-16(3)25/h6-13H,4-5,14-15H2,1-3H3,(H,22,26)(H,23,25). The van der Waals surface area contributed by atoms with Crippen LogP contribution >= 0.6 is 0 Å². The minimum atomic E-state index is -3.48. The molecule has 0 aliphatic heterocycles. The van der Waals surface area contributed by atoms with Crippen molar-refractivity contribution in [3.8, 4) is 0 Å². The first-order valence-corrected chi connectivity index (χ1v) is 10.9. The van der Waals surface area contributed by atoms with E-state index in [0.29, 0.717) is 25.3 Å².